The van der Waals surface area contributed by atoms with Crippen LogP contribution in [0.5, 0.6) is 0 Å². The molecule has 0 radical (unpaired) electrons. The molecule has 4 nitrogen and oxygen atoms in total. The van der Waals surface area contributed by atoms with Crippen LogP contribution in [0.4, 0.5) is 5.82 Å². The van der Waals surface area contributed by atoms with Crippen molar-refractivity contribution in [1.29, 1.82) is 0 Å². The second-order valence-corrected chi connectivity index (χ2v) is 5.77. The Morgan fingerprint density at radius 1 is 0.667 bits per heavy atom. The molecular weight excluding hydrogens is 260 g/mol. The van der Waals surface area contributed by atoms with E-state index in [1.165, 1.54) is 27.4 Å². The standard InChI is InChI=1S/C17H14N4/c1-8-2-9-3-11-12-4-10-5-17(18)21-14(10)7-16(12)20-15(11)6-13(9)19-8/h2-7,19-21H,18H2,1H3. The van der Waals surface area contributed by atoms with Gasteiger partial charge in [-0.25, -0.2) is 0 Å². The molecular formula is C17H14N4. The maximum atomic E-state index is 5.84. The normalized spacial score (nSPS) is 12.2. The van der Waals surface area contributed by atoms with Gasteiger partial charge in [0.25, 0.3) is 0 Å². The number of aromatic nitrogens is 3. The van der Waals surface area contributed by atoms with Crippen LogP contribution in [0.15, 0.2) is 36.4 Å². The van der Waals surface area contributed by atoms with Crippen LogP contribution in [0.25, 0.3) is 43.6 Å². The molecule has 0 aliphatic heterocycles. The zero-order chi connectivity index (χ0) is 14.1. The minimum absolute atomic E-state index is 0.700. The lowest BCUT2D eigenvalue weighted by Gasteiger charge is -1.94. The first-order valence-corrected chi connectivity index (χ1v) is 7.00. The predicted octanol–water partition coefficient (Wildman–Crippen LogP) is 4.17. The smallest absolute Gasteiger partial charge is 0.101 e. The molecule has 0 bridgehead atoms. The Morgan fingerprint density at radius 2 is 1.29 bits per heavy atom. The summed E-state index contributed by atoms with van der Waals surface area (Å²) >= 11 is 0. The number of aromatic amines is 3. The van der Waals surface area contributed by atoms with Gasteiger partial charge >= 0.3 is 0 Å². The molecule has 0 amide bonds. The van der Waals surface area contributed by atoms with Crippen LogP contribution in [-0.2, 0) is 0 Å². The first-order chi connectivity index (χ1) is 10.2. The van der Waals surface area contributed by atoms with Crippen molar-refractivity contribution >= 4 is 49.4 Å². The maximum absolute atomic E-state index is 5.84. The number of nitrogens with two attached hydrogens (primary N) is 1. The fraction of sp³-hybridized carbons (Fsp3) is 0.0588. The van der Waals surface area contributed by atoms with Crippen LogP contribution in [0.2, 0.25) is 0 Å². The Hall–Kier alpha value is -2.88. The average Bonchev–Trinajstić information content (AvgIpc) is 3.05. The largest absolute Gasteiger partial charge is 0.385 e. The van der Waals surface area contributed by atoms with Crippen molar-refractivity contribution < 1.29 is 0 Å². The Labute approximate surface area is 119 Å². The number of fused-ring (bicyclic) bond motifs is 5. The lowest BCUT2D eigenvalue weighted by Crippen LogP contribution is -1.80. The molecule has 0 atom stereocenters. The summed E-state index contributed by atoms with van der Waals surface area (Å²) in [5.41, 5.74) is 11.5. The van der Waals surface area contributed by atoms with E-state index in [1.807, 2.05) is 6.07 Å². The molecule has 3 aromatic heterocycles. The molecule has 5 N–H and O–H groups in total. The van der Waals surface area contributed by atoms with Gasteiger partial charge in [0.1, 0.15) is 5.82 Å². The maximum Gasteiger partial charge on any atom is 0.101 e. The van der Waals surface area contributed by atoms with Crippen LogP contribution in [0.3, 0.4) is 0 Å². The second-order valence-electron chi connectivity index (χ2n) is 5.77. The Bertz CT molecular complexity index is 1060. The molecule has 0 saturated heterocycles. The van der Waals surface area contributed by atoms with Crippen molar-refractivity contribution in [2.75, 3.05) is 5.73 Å². The Morgan fingerprint density at radius 3 is 2.00 bits per heavy atom. The lowest BCUT2D eigenvalue weighted by atomic mass is 10.1. The van der Waals surface area contributed by atoms with Crippen LogP contribution in [0, 0.1) is 6.92 Å². The van der Waals surface area contributed by atoms with Crippen LogP contribution in [-0.4, -0.2) is 15.0 Å². The van der Waals surface area contributed by atoms with Crippen molar-refractivity contribution in [3.8, 4) is 0 Å². The van der Waals surface area contributed by atoms with Gasteiger partial charge in [0, 0.05) is 49.3 Å². The average molecular weight is 274 g/mol. The van der Waals surface area contributed by atoms with E-state index in [1.54, 1.807) is 0 Å². The van der Waals surface area contributed by atoms with Gasteiger partial charge in [-0.1, -0.05) is 0 Å². The van der Waals surface area contributed by atoms with E-state index in [2.05, 4.69) is 52.2 Å². The molecule has 0 spiro atoms. The van der Waals surface area contributed by atoms with E-state index in [-0.39, 0.29) is 0 Å². The molecule has 3 heterocycles. The van der Waals surface area contributed by atoms with Crippen molar-refractivity contribution in [2.24, 2.45) is 0 Å². The zero-order valence-electron chi connectivity index (χ0n) is 11.5. The monoisotopic (exact) mass is 274 g/mol. The number of benzene rings is 2. The number of hydrogen-bond acceptors (Lipinski definition) is 1. The number of H-pyrrole nitrogens is 3. The van der Waals surface area contributed by atoms with Crippen molar-refractivity contribution in [3.63, 3.8) is 0 Å². The summed E-state index contributed by atoms with van der Waals surface area (Å²) in [5, 5.41) is 4.87. The number of aryl methyl sites for hydroxylation is 1. The Balaban J connectivity index is 1.97. The molecule has 5 aromatic rings. The third-order valence-electron chi connectivity index (χ3n) is 4.23. The third-order valence-corrected chi connectivity index (χ3v) is 4.23. The topological polar surface area (TPSA) is 73.4 Å². The van der Waals surface area contributed by atoms with Gasteiger partial charge < -0.3 is 20.7 Å². The van der Waals surface area contributed by atoms with E-state index in [0.717, 1.165) is 21.9 Å². The lowest BCUT2D eigenvalue weighted by molar-refractivity contribution is 1.30. The summed E-state index contributed by atoms with van der Waals surface area (Å²) in [7, 11) is 0. The van der Waals surface area contributed by atoms with Gasteiger partial charge in [0.2, 0.25) is 0 Å². The number of rotatable bonds is 0. The molecule has 0 fully saturated rings. The van der Waals surface area contributed by atoms with Gasteiger partial charge in [0.15, 0.2) is 0 Å². The van der Waals surface area contributed by atoms with Crippen LogP contribution >= 0.6 is 0 Å². The van der Waals surface area contributed by atoms with E-state index in [0.29, 0.717) is 5.82 Å². The molecule has 0 saturated carbocycles. The van der Waals surface area contributed by atoms with Crippen LogP contribution in [0.1, 0.15) is 5.69 Å². The van der Waals surface area contributed by atoms with Gasteiger partial charge in [-0.15, -0.1) is 0 Å². The summed E-state index contributed by atoms with van der Waals surface area (Å²) in [5.74, 6) is 0.700. The van der Waals surface area contributed by atoms with Gasteiger partial charge in [-0.2, -0.15) is 0 Å². The second kappa shape index (κ2) is 3.41. The summed E-state index contributed by atoms with van der Waals surface area (Å²) in [6, 6.07) is 12.9. The molecule has 0 aliphatic carbocycles. The molecule has 0 aliphatic rings. The zero-order valence-corrected chi connectivity index (χ0v) is 11.5. The van der Waals surface area contributed by atoms with Crippen LogP contribution < -0.4 is 5.73 Å². The van der Waals surface area contributed by atoms with Gasteiger partial charge in [-0.3, -0.25) is 0 Å². The summed E-state index contributed by atoms with van der Waals surface area (Å²) in [6.07, 6.45) is 0. The first-order valence-electron chi connectivity index (χ1n) is 7.00. The SMILES string of the molecule is Cc1cc2cc3c(cc2[nH]1)[nH]c1cc2[nH]c(N)cc2cc13. The van der Waals surface area contributed by atoms with Gasteiger partial charge in [-0.05, 0) is 43.3 Å². The van der Waals surface area contributed by atoms with E-state index in [9.17, 15) is 0 Å². The molecule has 21 heavy (non-hydrogen) atoms. The first kappa shape index (κ1) is 10.9. The summed E-state index contributed by atoms with van der Waals surface area (Å²) in [6.45, 7) is 2.08. The summed E-state index contributed by atoms with van der Waals surface area (Å²) in [4.78, 5) is 10.1. The quantitative estimate of drug-likeness (QED) is 0.336. The molecule has 0 unspecified atom stereocenters. The number of nitrogens with one attached hydrogen (secondary N) is 3. The number of nitrogen functional groups attached to an aromatic ring is 1. The van der Waals surface area contributed by atoms with E-state index >= 15 is 0 Å². The highest BCUT2D eigenvalue weighted by Gasteiger charge is 2.09. The predicted molar refractivity (Wildman–Crippen MR) is 88.7 cm³/mol. The highest BCUT2D eigenvalue weighted by atomic mass is 14.8. The van der Waals surface area contributed by atoms with Crippen molar-refractivity contribution in [1.82, 2.24) is 15.0 Å². The minimum atomic E-state index is 0.700. The van der Waals surface area contributed by atoms with E-state index in [4.69, 9.17) is 5.73 Å². The number of anilines is 1. The fourth-order valence-electron chi connectivity index (χ4n) is 3.33. The van der Waals surface area contributed by atoms with Crippen molar-refractivity contribution in [3.05, 3.63) is 42.1 Å². The van der Waals surface area contributed by atoms with Gasteiger partial charge in [0.05, 0.1) is 0 Å². The minimum Gasteiger partial charge on any atom is -0.385 e. The van der Waals surface area contributed by atoms with Crippen molar-refractivity contribution in [2.45, 2.75) is 6.92 Å². The molecule has 2 aromatic carbocycles. The Kier molecular flexibility index (Phi) is 1.76. The highest BCUT2D eigenvalue weighted by Crippen LogP contribution is 2.32. The molecule has 102 valence electrons. The third kappa shape index (κ3) is 1.39. The summed E-state index contributed by atoms with van der Waals surface area (Å²) < 4.78 is 0. The highest BCUT2D eigenvalue weighted by molar-refractivity contribution is 6.14. The fourth-order valence-corrected chi connectivity index (χ4v) is 3.33. The molecule has 4 heteroatoms. The number of hydrogen-bond donors (Lipinski definition) is 4. The molecule has 5 rings (SSSR count). The van der Waals surface area contributed by atoms with E-state index < -0.39 is 0 Å².